The number of nitrogens with zero attached hydrogens (tertiary/aromatic N) is 1. The summed E-state index contributed by atoms with van der Waals surface area (Å²) in [6.45, 7) is 0. The smallest absolute Gasteiger partial charge is 0.278 e. The van der Waals surface area contributed by atoms with Gasteiger partial charge in [0.1, 0.15) is 5.75 Å². The van der Waals surface area contributed by atoms with Crippen LogP contribution in [0, 0.1) is 10.1 Å². The molecule has 0 amide bonds. The first kappa shape index (κ1) is 16.7. The van der Waals surface area contributed by atoms with Gasteiger partial charge in [-0.2, -0.15) is 0 Å². The normalized spacial score (nSPS) is 16.1. The van der Waals surface area contributed by atoms with E-state index in [4.69, 9.17) is 16.3 Å². The highest BCUT2D eigenvalue weighted by molar-refractivity contribution is 6.34. The predicted octanol–water partition coefficient (Wildman–Crippen LogP) is 4.69. The second-order valence-corrected chi connectivity index (χ2v) is 6.42. The number of nitro benzene ring substituents is 1. The van der Waals surface area contributed by atoms with Gasteiger partial charge in [-0.3, -0.25) is 10.1 Å². The van der Waals surface area contributed by atoms with Gasteiger partial charge in [0.2, 0.25) is 0 Å². The average molecular weight is 348 g/mol. The number of nitro groups is 1. The minimum atomic E-state index is -1.02. The van der Waals surface area contributed by atoms with E-state index in [0.29, 0.717) is 29.7 Å². The van der Waals surface area contributed by atoms with E-state index in [9.17, 15) is 15.2 Å². The summed E-state index contributed by atoms with van der Waals surface area (Å²) in [5, 5.41) is 22.8. The molecular weight excluding hydrogens is 330 g/mol. The fourth-order valence-corrected chi connectivity index (χ4v) is 3.75. The van der Waals surface area contributed by atoms with Gasteiger partial charge in [0.15, 0.2) is 0 Å². The Labute approximate surface area is 145 Å². The van der Waals surface area contributed by atoms with E-state index in [2.05, 4.69) is 0 Å². The number of aliphatic hydroxyl groups is 1. The van der Waals surface area contributed by atoms with Crippen molar-refractivity contribution in [1.82, 2.24) is 0 Å². The van der Waals surface area contributed by atoms with E-state index < -0.39 is 10.5 Å². The lowest BCUT2D eigenvalue weighted by Crippen LogP contribution is -2.22. The van der Waals surface area contributed by atoms with Crippen LogP contribution in [0.2, 0.25) is 5.02 Å². The fraction of sp³-hybridized carbons (Fsp3) is 0.333. The van der Waals surface area contributed by atoms with Crippen molar-refractivity contribution in [2.24, 2.45) is 0 Å². The Hall–Kier alpha value is -2.11. The van der Waals surface area contributed by atoms with Crippen LogP contribution in [0.25, 0.3) is 11.1 Å². The summed E-state index contributed by atoms with van der Waals surface area (Å²) < 4.78 is 5.44. The number of benzene rings is 2. The zero-order valence-electron chi connectivity index (χ0n) is 13.3. The average Bonchev–Trinajstić information content (AvgIpc) is 3.01. The van der Waals surface area contributed by atoms with Crippen molar-refractivity contribution < 1.29 is 14.8 Å². The van der Waals surface area contributed by atoms with Crippen molar-refractivity contribution >= 4 is 17.3 Å². The molecule has 5 nitrogen and oxygen atoms in total. The summed E-state index contributed by atoms with van der Waals surface area (Å²) in [4.78, 5) is 11.0. The Morgan fingerprint density at radius 1 is 1.17 bits per heavy atom. The van der Waals surface area contributed by atoms with E-state index in [-0.39, 0.29) is 16.3 Å². The van der Waals surface area contributed by atoms with E-state index in [1.54, 1.807) is 30.3 Å². The lowest BCUT2D eigenvalue weighted by Gasteiger charge is -2.27. The molecule has 0 radical (unpaired) electrons. The molecular formula is C18H18ClNO4. The molecule has 6 heteroatoms. The first-order chi connectivity index (χ1) is 11.5. The van der Waals surface area contributed by atoms with Crippen LogP contribution in [-0.4, -0.2) is 17.1 Å². The van der Waals surface area contributed by atoms with Gasteiger partial charge in [0, 0.05) is 11.6 Å². The number of methoxy groups -OCH3 is 1. The fourth-order valence-electron chi connectivity index (χ4n) is 3.49. The van der Waals surface area contributed by atoms with E-state index in [0.717, 1.165) is 12.8 Å². The molecule has 24 heavy (non-hydrogen) atoms. The molecule has 0 saturated heterocycles. The van der Waals surface area contributed by atoms with Crippen LogP contribution < -0.4 is 4.74 Å². The quantitative estimate of drug-likeness (QED) is 0.643. The maximum Gasteiger partial charge on any atom is 0.278 e. The van der Waals surface area contributed by atoms with Gasteiger partial charge >= 0.3 is 0 Å². The Bertz CT molecular complexity index is 785. The molecule has 2 aromatic rings. The Kier molecular flexibility index (Phi) is 4.47. The minimum Gasteiger partial charge on any atom is -0.496 e. The van der Waals surface area contributed by atoms with Crippen molar-refractivity contribution in [2.75, 3.05) is 7.11 Å². The van der Waals surface area contributed by atoms with Crippen molar-refractivity contribution in [3.63, 3.8) is 0 Å². The summed E-state index contributed by atoms with van der Waals surface area (Å²) in [6.07, 6.45) is 3.06. The highest BCUT2D eigenvalue weighted by Crippen LogP contribution is 2.49. The van der Waals surface area contributed by atoms with Crippen molar-refractivity contribution in [3.05, 3.63) is 57.1 Å². The van der Waals surface area contributed by atoms with Gasteiger partial charge in [-0.15, -0.1) is 0 Å². The zero-order valence-corrected chi connectivity index (χ0v) is 14.0. The molecule has 126 valence electrons. The van der Waals surface area contributed by atoms with Crippen LogP contribution in [0.1, 0.15) is 31.2 Å². The molecule has 0 heterocycles. The molecule has 1 aliphatic rings. The topological polar surface area (TPSA) is 72.6 Å². The molecule has 3 rings (SSSR count). The number of hydrogen-bond donors (Lipinski definition) is 1. The summed E-state index contributed by atoms with van der Waals surface area (Å²) in [6, 6.07) is 9.88. The second kappa shape index (κ2) is 6.42. The van der Waals surface area contributed by atoms with Crippen molar-refractivity contribution in [1.29, 1.82) is 0 Å². The summed E-state index contributed by atoms with van der Waals surface area (Å²) >= 11 is 6.32. The number of ether oxygens (including phenoxy) is 1. The molecule has 0 bridgehead atoms. The predicted molar refractivity (Wildman–Crippen MR) is 92.5 cm³/mol. The van der Waals surface area contributed by atoms with Crippen molar-refractivity contribution in [3.8, 4) is 16.9 Å². The maximum absolute atomic E-state index is 11.5. The molecule has 0 aliphatic heterocycles. The lowest BCUT2D eigenvalue weighted by molar-refractivity contribution is -0.384. The maximum atomic E-state index is 11.5. The SMILES string of the molecule is COc1cccc(C2(O)CCCC2)c1-c1c(Cl)cccc1[N+](=O)[O-]. The Morgan fingerprint density at radius 3 is 2.46 bits per heavy atom. The lowest BCUT2D eigenvalue weighted by atomic mass is 9.84. The van der Waals surface area contributed by atoms with Crippen LogP contribution in [0.4, 0.5) is 5.69 Å². The van der Waals surface area contributed by atoms with Crippen LogP contribution in [0.5, 0.6) is 5.75 Å². The standard InChI is InChI=1S/C18H18ClNO4/c1-24-15-9-4-6-12(18(21)10-2-3-11-18)16(15)17-13(19)7-5-8-14(17)20(22)23/h4-9,21H,2-3,10-11H2,1H3. The summed E-state index contributed by atoms with van der Waals surface area (Å²) in [7, 11) is 1.50. The van der Waals surface area contributed by atoms with E-state index >= 15 is 0 Å². The van der Waals surface area contributed by atoms with E-state index in [1.165, 1.54) is 13.2 Å². The largest absolute Gasteiger partial charge is 0.496 e. The minimum absolute atomic E-state index is 0.102. The highest BCUT2D eigenvalue weighted by Gasteiger charge is 2.37. The molecule has 0 atom stereocenters. The van der Waals surface area contributed by atoms with Crippen LogP contribution in [0.15, 0.2) is 36.4 Å². The number of halogens is 1. The molecule has 1 saturated carbocycles. The van der Waals surface area contributed by atoms with Gasteiger partial charge < -0.3 is 9.84 Å². The van der Waals surface area contributed by atoms with Gasteiger partial charge in [0.25, 0.3) is 5.69 Å². The summed E-state index contributed by atoms with van der Waals surface area (Å²) in [5.74, 6) is 0.462. The molecule has 1 N–H and O–H groups in total. The summed E-state index contributed by atoms with van der Waals surface area (Å²) in [5.41, 5.74) is 0.306. The monoisotopic (exact) mass is 347 g/mol. The number of hydrogen-bond acceptors (Lipinski definition) is 4. The van der Waals surface area contributed by atoms with Gasteiger partial charge in [-0.05, 0) is 30.5 Å². The second-order valence-electron chi connectivity index (χ2n) is 6.01. The van der Waals surface area contributed by atoms with Gasteiger partial charge in [-0.25, -0.2) is 0 Å². The third-order valence-electron chi connectivity index (χ3n) is 4.62. The molecule has 0 spiro atoms. The van der Waals surface area contributed by atoms with Crippen LogP contribution >= 0.6 is 11.6 Å². The van der Waals surface area contributed by atoms with Crippen LogP contribution in [0.3, 0.4) is 0 Å². The molecule has 1 fully saturated rings. The molecule has 2 aromatic carbocycles. The van der Waals surface area contributed by atoms with Crippen LogP contribution in [-0.2, 0) is 5.60 Å². The Morgan fingerprint density at radius 2 is 1.83 bits per heavy atom. The van der Waals surface area contributed by atoms with Gasteiger partial charge in [0.05, 0.1) is 28.2 Å². The molecule has 0 unspecified atom stereocenters. The third kappa shape index (κ3) is 2.74. The first-order valence-corrected chi connectivity index (χ1v) is 8.19. The van der Waals surface area contributed by atoms with Crippen molar-refractivity contribution in [2.45, 2.75) is 31.3 Å². The zero-order chi connectivity index (χ0) is 17.3. The van der Waals surface area contributed by atoms with E-state index in [1.807, 2.05) is 0 Å². The molecule has 1 aliphatic carbocycles. The highest BCUT2D eigenvalue weighted by atomic mass is 35.5. The first-order valence-electron chi connectivity index (χ1n) is 7.81. The molecule has 0 aromatic heterocycles. The third-order valence-corrected chi connectivity index (χ3v) is 4.93. The Balaban J connectivity index is 2.34. The number of rotatable bonds is 4. The van der Waals surface area contributed by atoms with Gasteiger partial charge in [-0.1, -0.05) is 42.6 Å².